The Kier molecular flexibility index (Phi) is 4.06. The van der Waals surface area contributed by atoms with E-state index in [1.165, 1.54) is 0 Å². The van der Waals surface area contributed by atoms with Gasteiger partial charge in [0, 0.05) is 24.5 Å². The van der Waals surface area contributed by atoms with Gasteiger partial charge in [-0.05, 0) is 29.6 Å². The highest BCUT2D eigenvalue weighted by Crippen LogP contribution is 2.22. The van der Waals surface area contributed by atoms with Gasteiger partial charge < -0.3 is 16.0 Å². The molecule has 5 heteroatoms. The fourth-order valence-electron chi connectivity index (χ4n) is 1.79. The van der Waals surface area contributed by atoms with Gasteiger partial charge in [0.2, 0.25) is 0 Å². The van der Waals surface area contributed by atoms with E-state index in [1.807, 2.05) is 42.6 Å². The standard InChI is InChI=1S/C14H17N3OS/c1-17(2)13-6-5-10(8-12(13)15)14(18)16-9-11-4-3-7-19-11/h3-8H,9,15H2,1-2H3,(H,16,18). The molecule has 0 fully saturated rings. The number of rotatable bonds is 4. The molecule has 0 bridgehead atoms. The highest BCUT2D eigenvalue weighted by molar-refractivity contribution is 7.09. The number of nitrogens with two attached hydrogens (primary N) is 1. The van der Waals surface area contributed by atoms with Crippen LogP contribution in [0.25, 0.3) is 0 Å². The first-order valence-corrected chi connectivity index (χ1v) is 6.83. The van der Waals surface area contributed by atoms with Gasteiger partial charge in [0.25, 0.3) is 5.91 Å². The summed E-state index contributed by atoms with van der Waals surface area (Å²) in [5, 5.41) is 4.87. The molecule has 100 valence electrons. The van der Waals surface area contributed by atoms with Crippen molar-refractivity contribution in [3.63, 3.8) is 0 Å². The molecule has 0 spiro atoms. The molecule has 0 aliphatic carbocycles. The van der Waals surface area contributed by atoms with E-state index < -0.39 is 0 Å². The third-order valence-electron chi connectivity index (χ3n) is 2.77. The summed E-state index contributed by atoms with van der Waals surface area (Å²) in [7, 11) is 3.84. The van der Waals surface area contributed by atoms with E-state index in [4.69, 9.17) is 5.73 Å². The van der Waals surface area contributed by atoms with Gasteiger partial charge in [0.1, 0.15) is 0 Å². The van der Waals surface area contributed by atoms with Gasteiger partial charge in [-0.1, -0.05) is 6.07 Å². The lowest BCUT2D eigenvalue weighted by Crippen LogP contribution is -2.22. The van der Waals surface area contributed by atoms with Crippen LogP contribution in [0.4, 0.5) is 11.4 Å². The molecule has 3 N–H and O–H groups in total. The molecule has 0 unspecified atom stereocenters. The molecule has 19 heavy (non-hydrogen) atoms. The number of benzene rings is 1. The summed E-state index contributed by atoms with van der Waals surface area (Å²) in [6.07, 6.45) is 0. The van der Waals surface area contributed by atoms with E-state index in [9.17, 15) is 4.79 Å². The van der Waals surface area contributed by atoms with E-state index in [0.29, 0.717) is 17.8 Å². The molecule has 0 saturated heterocycles. The summed E-state index contributed by atoms with van der Waals surface area (Å²) in [6.45, 7) is 0.547. The number of anilines is 2. The summed E-state index contributed by atoms with van der Waals surface area (Å²) >= 11 is 1.62. The van der Waals surface area contributed by atoms with Crippen LogP contribution >= 0.6 is 11.3 Å². The Balaban J connectivity index is 2.05. The SMILES string of the molecule is CN(C)c1ccc(C(=O)NCc2cccs2)cc1N. The molecular formula is C14H17N3OS. The van der Waals surface area contributed by atoms with E-state index in [1.54, 1.807) is 23.5 Å². The first-order valence-electron chi connectivity index (χ1n) is 5.95. The van der Waals surface area contributed by atoms with Gasteiger partial charge in [-0.25, -0.2) is 0 Å². The summed E-state index contributed by atoms with van der Waals surface area (Å²) in [5.41, 5.74) is 8.03. The first-order chi connectivity index (χ1) is 9.08. The van der Waals surface area contributed by atoms with E-state index in [-0.39, 0.29) is 5.91 Å². The van der Waals surface area contributed by atoms with Crippen LogP contribution < -0.4 is 16.0 Å². The number of amides is 1. The van der Waals surface area contributed by atoms with Gasteiger partial charge in [-0.2, -0.15) is 0 Å². The zero-order chi connectivity index (χ0) is 13.8. The van der Waals surface area contributed by atoms with Crippen molar-refractivity contribution in [3.8, 4) is 0 Å². The van der Waals surface area contributed by atoms with Crippen LogP contribution in [0.5, 0.6) is 0 Å². The van der Waals surface area contributed by atoms with Crippen LogP contribution in [-0.2, 0) is 6.54 Å². The van der Waals surface area contributed by atoms with Gasteiger partial charge in [0.05, 0.1) is 17.9 Å². The second kappa shape index (κ2) is 5.75. The lowest BCUT2D eigenvalue weighted by molar-refractivity contribution is 0.0951. The monoisotopic (exact) mass is 275 g/mol. The van der Waals surface area contributed by atoms with Crippen LogP contribution in [-0.4, -0.2) is 20.0 Å². The Hall–Kier alpha value is -2.01. The Morgan fingerprint density at radius 3 is 2.74 bits per heavy atom. The quantitative estimate of drug-likeness (QED) is 0.842. The van der Waals surface area contributed by atoms with Crippen molar-refractivity contribution in [1.82, 2.24) is 5.32 Å². The van der Waals surface area contributed by atoms with Crippen LogP contribution in [0.3, 0.4) is 0 Å². The minimum absolute atomic E-state index is 0.106. The lowest BCUT2D eigenvalue weighted by atomic mass is 10.1. The van der Waals surface area contributed by atoms with E-state index in [0.717, 1.165) is 10.6 Å². The number of carbonyl (C=O) groups excluding carboxylic acids is 1. The highest BCUT2D eigenvalue weighted by atomic mass is 32.1. The number of carbonyl (C=O) groups is 1. The van der Waals surface area contributed by atoms with Crippen molar-refractivity contribution in [3.05, 3.63) is 46.2 Å². The van der Waals surface area contributed by atoms with Crippen molar-refractivity contribution in [1.29, 1.82) is 0 Å². The minimum atomic E-state index is -0.106. The largest absolute Gasteiger partial charge is 0.397 e. The average Bonchev–Trinajstić information content (AvgIpc) is 2.88. The maximum Gasteiger partial charge on any atom is 0.251 e. The average molecular weight is 275 g/mol. The molecule has 2 aromatic rings. The molecule has 0 aliphatic rings. The number of nitrogens with one attached hydrogen (secondary N) is 1. The van der Waals surface area contributed by atoms with E-state index >= 15 is 0 Å². The van der Waals surface area contributed by atoms with E-state index in [2.05, 4.69) is 5.32 Å². The van der Waals surface area contributed by atoms with Gasteiger partial charge >= 0.3 is 0 Å². The second-order valence-electron chi connectivity index (χ2n) is 4.43. The summed E-state index contributed by atoms with van der Waals surface area (Å²) < 4.78 is 0. The number of hydrogen-bond acceptors (Lipinski definition) is 4. The number of nitrogen functional groups attached to an aromatic ring is 1. The maximum atomic E-state index is 12.0. The van der Waals surface area contributed by atoms with Crippen molar-refractivity contribution in [2.45, 2.75) is 6.54 Å². The zero-order valence-electron chi connectivity index (χ0n) is 11.0. The highest BCUT2D eigenvalue weighted by Gasteiger charge is 2.09. The minimum Gasteiger partial charge on any atom is -0.397 e. The summed E-state index contributed by atoms with van der Waals surface area (Å²) in [5.74, 6) is -0.106. The normalized spacial score (nSPS) is 10.2. The predicted molar refractivity (Wildman–Crippen MR) is 80.7 cm³/mol. The summed E-state index contributed by atoms with van der Waals surface area (Å²) in [4.78, 5) is 15.0. The predicted octanol–water partition coefficient (Wildman–Crippen LogP) is 2.33. The van der Waals surface area contributed by atoms with Crippen LogP contribution in [0, 0.1) is 0 Å². The fourth-order valence-corrected chi connectivity index (χ4v) is 2.43. The zero-order valence-corrected chi connectivity index (χ0v) is 11.8. The molecule has 0 saturated carbocycles. The van der Waals surface area contributed by atoms with Gasteiger partial charge in [-0.15, -0.1) is 11.3 Å². The Morgan fingerprint density at radius 1 is 1.37 bits per heavy atom. The molecule has 1 aromatic carbocycles. The molecule has 1 amide bonds. The molecule has 1 aromatic heterocycles. The molecule has 0 radical (unpaired) electrons. The molecule has 0 aliphatic heterocycles. The van der Waals surface area contributed by atoms with Gasteiger partial charge in [0.15, 0.2) is 0 Å². The Labute approximate surface area is 116 Å². The third-order valence-corrected chi connectivity index (χ3v) is 3.65. The van der Waals surface area contributed by atoms with Crippen molar-refractivity contribution in [2.24, 2.45) is 0 Å². The van der Waals surface area contributed by atoms with Crippen LogP contribution in [0.2, 0.25) is 0 Å². The molecule has 4 nitrogen and oxygen atoms in total. The molecular weight excluding hydrogens is 258 g/mol. The molecule has 1 heterocycles. The lowest BCUT2D eigenvalue weighted by Gasteiger charge is -2.15. The fraction of sp³-hybridized carbons (Fsp3) is 0.214. The Morgan fingerprint density at radius 2 is 2.16 bits per heavy atom. The number of thiophene rings is 1. The van der Waals surface area contributed by atoms with Crippen molar-refractivity contribution in [2.75, 3.05) is 24.7 Å². The molecule has 2 rings (SSSR count). The van der Waals surface area contributed by atoms with Crippen molar-refractivity contribution >= 4 is 28.6 Å². The number of hydrogen-bond donors (Lipinski definition) is 2. The van der Waals surface area contributed by atoms with Crippen LogP contribution in [0.15, 0.2) is 35.7 Å². The van der Waals surface area contributed by atoms with Crippen LogP contribution in [0.1, 0.15) is 15.2 Å². The molecule has 0 atom stereocenters. The third kappa shape index (κ3) is 3.26. The van der Waals surface area contributed by atoms with Crippen molar-refractivity contribution < 1.29 is 4.79 Å². The summed E-state index contributed by atoms with van der Waals surface area (Å²) in [6, 6.07) is 9.31. The Bertz CT molecular complexity index is 564. The number of nitrogens with zero attached hydrogens (tertiary/aromatic N) is 1. The smallest absolute Gasteiger partial charge is 0.251 e. The topological polar surface area (TPSA) is 58.4 Å². The first kappa shape index (κ1) is 13.4. The van der Waals surface area contributed by atoms with Gasteiger partial charge in [-0.3, -0.25) is 4.79 Å². The maximum absolute atomic E-state index is 12.0. The second-order valence-corrected chi connectivity index (χ2v) is 5.46.